The van der Waals surface area contributed by atoms with Crippen LogP contribution in [0.3, 0.4) is 0 Å². The van der Waals surface area contributed by atoms with E-state index >= 15 is 0 Å². The zero-order valence-corrected chi connectivity index (χ0v) is 13.2. The van der Waals surface area contributed by atoms with Gasteiger partial charge in [0.25, 0.3) is 5.91 Å². The van der Waals surface area contributed by atoms with E-state index in [1.54, 1.807) is 44.3 Å². The molecular weight excluding hydrogens is 311 g/mol. The number of pyridine rings is 1. The summed E-state index contributed by atoms with van der Waals surface area (Å²) in [6.45, 7) is 1.74. The molecule has 0 atom stereocenters. The summed E-state index contributed by atoms with van der Waals surface area (Å²) < 4.78 is 20.5. The number of aryl methyl sites for hydroxylation is 2. The molecule has 0 unspecified atom stereocenters. The topological polar surface area (TPSA) is 69.0 Å². The molecule has 0 saturated heterocycles. The van der Waals surface area contributed by atoms with Gasteiger partial charge in [-0.15, -0.1) is 0 Å². The fourth-order valence-electron chi connectivity index (χ4n) is 2.21. The average molecular weight is 326 g/mol. The number of halogens is 1. The Labute approximate surface area is 137 Å². The SMILES string of the molecule is Cc1nn(C)c(Oc2cccc(F)c2)c1NC(=O)c1ccccn1. The van der Waals surface area contributed by atoms with Crippen molar-refractivity contribution in [2.75, 3.05) is 5.32 Å². The Morgan fingerprint density at radius 3 is 2.79 bits per heavy atom. The minimum atomic E-state index is -0.412. The number of carbonyl (C=O) groups is 1. The van der Waals surface area contributed by atoms with Crippen molar-refractivity contribution in [3.63, 3.8) is 0 Å². The number of hydrogen-bond acceptors (Lipinski definition) is 4. The number of nitrogens with one attached hydrogen (secondary N) is 1. The van der Waals surface area contributed by atoms with Gasteiger partial charge in [0.05, 0.1) is 5.69 Å². The van der Waals surface area contributed by atoms with Gasteiger partial charge < -0.3 is 10.1 Å². The van der Waals surface area contributed by atoms with Crippen LogP contribution in [0.15, 0.2) is 48.7 Å². The van der Waals surface area contributed by atoms with E-state index < -0.39 is 5.82 Å². The van der Waals surface area contributed by atoms with Crippen molar-refractivity contribution in [2.24, 2.45) is 7.05 Å². The molecule has 6 nitrogen and oxygen atoms in total. The molecule has 3 rings (SSSR count). The second kappa shape index (κ2) is 6.49. The first-order valence-electron chi connectivity index (χ1n) is 7.24. The molecule has 0 fully saturated rings. The molecule has 24 heavy (non-hydrogen) atoms. The van der Waals surface area contributed by atoms with Crippen LogP contribution in [0.4, 0.5) is 10.1 Å². The van der Waals surface area contributed by atoms with E-state index in [0.29, 0.717) is 23.0 Å². The number of carbonyl (C=O) groups excluding carboxylic acids is 1. The highest BCUT2D eigenvalue weighted by Gasteiger charge is 2.19. The van der Waals surface area contributed by atoms with Gasteiger partial charge >= 0.3 is 0 Å². The van der Waals surface area contributed by atoms with E-state index in [4.69, 9.17) is 4.74 Å². The molecule has 0 aliphatic heterocycles. The zero-order valence-electron chi connectivity index (χ0n) is 13.2. The third-order valence-electron chi connectivity index (χ3n) is 3.32. The molecule has 0 saturated carbocycles. The molecule has 122 valence electrons. The number of aromatic nitrogens is 3. The maximum atomic E-state index is 13.3. The van der Waals surface area contributed by atoms with Crippen LogP contribution in [0.25, 0.3) is 0 Å². The van der Waals surface area contributed by atoms with Crippen molar-refractivity contribution in [2.45, 2.75) is 6.92 Å². The Balaban J connectivity index is 1.90. The van der Waals surface area contributed by atoms with Crippen molar-refractivity contribution in [1.29, 1.82) is 0 Å². The highest BCUT2D eigenvalue weighted by atomic mass is 19.1. The summed E-state index contributed by atoms with van der Waals surface area (Å²) in [5, 5.41) is 6.99. The first kappa shape index (κ1) is 15.7. The third-order valence-corrected chi connectivity index (χ3v) is 3.32. The van der Waals surface area contributed by atoms with Crippen molar-refractivity contribution < 1.29 is 13.9 Å². The quantitative estimate of drug-likeness (QED) is 0.798. The monoisotopic (exact) mass is 326 g/mol. The molecule has 3 aromatic rings. The second-order valence-corrected chi connectivity index (χ2v) is 5.12. The van der Waals surface area contributed by atoms with Crippen LogP contribution in [-0.2, 0) is 7.05 Å². The smallest absolute Gasteiger partial charge is 0.274 e. The van der Waals surface area contributed by atoms with Gasteiger partial charge in [0.2, 0.25) is 5.88 Å². The number of hydrogen-bond donors (Lipinski definition) is 1. The highest BCUT2D eigenvalue weighted by Crippen LogP contribution is 2.32. The van der Waals surface area contributed by atoms with E-state index in [9.17, 15) is 9.18 Å². The molecule has 0 radical (unpaired) electrons. The Bertz CT molecular complexity index is 878. The van der Waals surface area contributed by atoms with Crippen LogP contribution in [0.2, 0.25) is 0 Å². The average Bonchev–Trinajstić information content (AvgIpc) is 2.83. The second-order valence-electron chi connectivity index (χ2n) is 5.12. The van der Waals surface area contributed by atoms with Crippen LogP contribution in [-0.4, -0.2) is 20.7 Å². The van der Waals surface area contributed by atoms with Crippen LogP contribution >= 0.6 is 0 Å². The molecule has 2 aromatic heterocycles. The van der Waals surface area contributed by atoms with E-state index in [1.807, 2.05) is 0 Å². The lowest BCUT2D eigenvalue weighted by molar-refractivity contribution is 0.102. The van der Waals surface area contributed by atoms with Gasteiger partial charge in [-0.2, -0.15) is 5.10 Å². The Kier molecular flexibility index (Phi) is 4.24. The van der Waals surface area contributed by atoms with Gasteiger partial charge in [0.1, 0.15) is 22.9 Å². The molecule has 0 spiro atoms. The fourth-order valence-corrected chi connectivity index (χ4v) is 2.21. The van der Waals surface area contributed by atoms with Crippen molar-refractivity contribution in [3.8, 4) is 11.6 Å². The normalized spacial score (nSPS) is 10.5. The van der Waals surface area contributed by atoms with Crippen molar-refractivity contribution in [3.05, 3.63) is 65.9 Å². The predicted octanol–water partition coefficient (Wildman–Crippen LogP) is 3.31. The molecule has 7 heteroatoms. The molecule has 1 amide bonds. The molecule has 1 aromatic carbocycles. The summed E-state index contributed by atoms with van der Waals surface area (Å²) in [6, 6.07) is 10.8. The molecule has 0 aliphatic carbocycles. The van der Waals surface area contributed by atoms with E-state index in [1.165, 1.54) is 23.0 Å². The maximum Gasteiger partial charge on any atom is 0.274 e. The van der Waals surface area contributed by atoms with Gasteiger partial charge in [-0.1, -0.05) is 12.1 Å². The summed E-state index contributed by atoms with van der Waals surface area (Å²) in [4.78, 5) is 16.3. The number of anilines is 1. The van der Waals surface area contributed by atoms with Crippen LogP contribution in [0.5, 0.6) is 11.6 Å². The standard InChI is InChI=1S/C17H15FN4O2/c1-11-15(20-16(23)14-8-3-4-9-19-14)17(22(2)21-11)24-13-7-5-6-12(18)10-13/h3-10H,1-2H3,(H,20,23). The number of benzene rings is 1. The summed E-state index contributed by atoms with van der Waals surface area (Å²) in [5.74, 6) is -0.171. The Hall–Kier alpha value is -3.22. The fraction of sp³-hybridized carbons (Fsp3) is 0.118. The number of amides is 1. The number of ether oxygens (including phenoxy) is 1. The lowest BCUT2D eigenvalue weighted by Crippen LogP contribution is -2.14. The summed E-state index contributed by atoms with van der Waals surface area (Å²) in [6.07, 6.45) is 1.54. The summed E-state index contributed by atoms with van der Waals surface area (Å²) in [7, 11) is 1.68. The van der Waals surface area contributed by atoms with Crippen LogP contribution in [0, 0.1) is 12.7 Å². The molecule has 0 bridgehead atoms. The molecular formula is C17H15FN4O2. The first-order valence-corrected chi connectivity index (χ1v) is 7.24. The predicted molar refractivity (Wildman–Crippen MR) is 86.6 cm³/mol. The van der Waals surface area contributed by atoms with Gasteiger partial charge in [-0.25, -0.2) is 9.07 Å². The maximum absolute atomic E-state index is 13.3. The Morgan fingerprint density at radius 1 is 1.25 bits per heavy atom. The van der Waals surface area contributed by atoms with E-state index in [0.717, 1.165) is 0 Å². The van der Waals surface area contributed by atoms with Crippen LogP contribution < -0.4 is 10.1 Å². The molecule has 0 aliphatic rings. The number of nitrogens with zero attached hydrogens (tertiary/aromatic N) is 3. The van der Waals surface area contributed by atoms with Gasteiger partial charge in [0.15, 0.2) is 0 Å². The van der Waals surface area contributed by atoms with Crippen molar-refractivity contribution in [1.82, 2.24) is 14.8 Å². The largest absolute Gasteiger partial charge is 0.437 e. The molecule has 1 N–H and O–H groups in total. The van der Waals surface area contributed by atoms with Crippen molar-refractivity contribution >= 4 is 11.6 Å². The lowest BCUT2D eigenvalue weighted by atomic mass is 10.3. The van der Waals surface area contributed by atoms with Gasteiger partial charge in [-0.05, 0) is 31.2 Å². The minimum Gasteiger partial charge on any atom is -0.437 e. The summed E-state index contributed by atoms with van der Waals surface area (Å²) in [5.41, 5.74) is 1.27. The van der Waals surface area contributed by atoms with Gasteiger partial charge in [-0.3, -0.25) is 9.78 Å². The van der Waals surface area contributed by atoms with Crippen LogP contribution in [0.1, 0.15) is 16.2 Å². The zero-order chi connectivity index (χ0) is 17.1. The van der Waals surface area contributed by atoms with E-state index in [2.05, 4.69) is 15.4 Å². The number of rotatable bonds is 4. The van der Waals surface area contributed by atoms with Gasteiger partial charge in [0, 0.05) is 19.3 Å². The summed E-state index contributed by atoms with van der Waals surface area (Å²) >= 11 is 0. The van der Waals surface area contributed by atoms with E-state index in [-0.39, 0.29) is 11.6 Å². The molecule has 2 heterocycles. The first-order chi connectivity index (χ1) is 11.5. The highest BCUT2D eigenvalue weighted by molar-refractivity contribution is 6.03. The third kappa shape index (κ3) is 3.24. The lowest BCUT2D eigenvalue weighted by Gasteiger charge is -2.10. The Morgan fingerprint density at radius 2 is 2.08 bits per heavy atom. The minimum absolute atomic E-state index is 0.275.